The van der Waals surface area contributed by atoms with Gasteiger partial charge in [-0.25, -0.2) is 5.26 Å². The van der Waals surface area contributed by atoms with Crippen LogP contribution in [0.4, 0.5) is 0 Å². The van der Waals surface area contributed by atoms with Gasteiger partial charge in [-0.2, -0.15) is 12.6 Å². The number of Topliss-reactive ketones (excluding diaryl/α,β-unsaturated/α-hetero) is 1. The summed E-state index contributed by atoms with van der Waals surface area (Å²) in [7, 11) is 0. The average Bonchev–Trinajstić information content (AvgIpc) is 2.27. The molecule has 0 fully saturated rings. The molecule has 4 heteroatoms. The number of carbonyl (C=O) groups excluding carboxylic acids is 1. The molecular weight excluding hydrogens is 210 g/mol. The van der Waals surface area contributed by atoms with Crippen molar-refractivity contribution in [3.05, 3.63) is 29.8 Å². The van der Waals surface area contributed by atoms with Gasteiger partial charge in [-0.05, 0) is 19.1 Å². The maximum Gasteiger partial charge on any atom is 0.185 e. The number of nitriles is 1. The predicted octanol–water partition coefficient (Wildman–Crippen LogP) is 2.09. The Labute approximate surface area is 94.1 Å². The number of hydrogen-bond donors (Lipinski definition) is 1. The lowest BCUT2D eigenvalue weighted by Gasteiger charge is -2.28. The number of rotatable bonds is 0. The first kappa shape index (κ1) is 11.6. The highest BCUT2D eigenvalue weighted by Gasteiger charge is 2.36. The van der Waals surface area contributed by atoms with Crippen molar-refractivity contribution in [2.45, 2.75) is 11.7 Å². The third-order valence-electron chi connectivity index (χ3n) is 2.13. The molecule has 78 valence electrons. The lowest BCUT2D eigenvalue weighted by atomic mass is 9.96. The minimum absolute atomic E-state index is 0.0395. The highest BCUT2D eigenvalue weighted by molar-refractivity contribution is 7.82. The molecular formula is C11H11NO2S. The van der Waals surface area contributed by atoms with Crippen LogP contribution in [-0.2, 0) is 0 Å². The smallest absolute Gasteiger partial charge is 0.185 e. The normalized spacial score (nSPS) is 23.1. The molecule has 0 N–H and O–H groups in total. The number of ether oxygens (including phenoxy) is 1. The fourth-order valence-electron chi connectivity index (χ4n) is 1.35. The Morgan fingerprint density at radius 1 is 1.47 bits per heavy atom. The molecule has 1 heterocycles. The molecule has 1 aliphatic rings. The average molecular weight is 221 g/mol. The van der Waals surface area contributed by atoms with E-state index in [9.17, 15) is 4.79 Å². The number of ketones is 1. The van der Waals surface area contributed by atoms with E-state index in [1.165, 1.54) is 0 Å². The number of carbonyl (C=O) groups is 1. The molecule has 1 aromatic rings. The van der Waals surface area contributed by atoms with Gasteiger partial charge in [0.2, 0.25) is 0 Å². The van der Waals surface area contributed by atoms with Crippen LogP contribution in [0, 0.1) is 11.8 Å². The minimum Gasteiger partial charge on any atom is -0.491 e. The third-order valence-corrected chi connectivity index (χ3v) is 2.46. The molecule has 0 saturated carbocycles. The van der Waals surface area contributed by atoms with Gasteiger partial charge in [-0.3, -0.25) is 4.79 Å². The first-order valence-electron chi connectivity index (χ1n) is 4.36. The minimum atomic E-state index is -0.686. The van der Waals surface area contributed by atoms with Crippen molar-refractivity contribution in [1.82, 2.24) is 0 Å². The Balaban J connectivity index is 0.000000531. The number of nitrogens with zero attached hydrogens (tertiary/aromatic N) is 1. The Bertz CT molecular complexity index is 399. The summed E-state index contributed by atoms with van der Waals surface area (Å²) in [5.74, 6) is 0.705. The zero-order valence-electron chi connectivity index (χ0n) is 8.30. The summed E-state index contributed by atoms with van der Waals surface area (Å²) in [5.41, 5.74) is 0.631. The molecule has 1 aromatic carbocycles. The van der Waals surface area contributed by atoms with Crippen LogP contribution >= 0.6 is 12.6 Å². The number of benzene rings is 1. The largest absolute Gasteiger partial charge is 0.491 e. The third kappa shape index (κ3) is 2.13. The molecule has 2 rings (SSSR count). The second kappa shape index (κ2) is 4.37. The summed E-state index contributed by atoms with van der Waals surface area (Å²) in [6.45, 7) is 5.61. The van der Waals surface area contributed by atoms with Crippen LogP contribution in [-0.4, -0.2) is 17.1 Å². The van der Waals surface area contributed by atoms with E-state index in [0.717, 1.165) is 0 Å². The molecule has 3 nitrogen and oxygen atoms in total. The van der Waals surface area contributed by atoms with Gasteiger partial charge < -0.3 is 4.74 Å². The summed E-state index contributed by atoms with van der Waals surface area (Å²) in [6, 6.07) is 7.25. The number of fused-ring (bicyclic) bond motifs is 1. The van der Waals surface area contributed by atoms with Crippen LogP contribution in [0.25, 0.3) is 0 Å². The zero-order chi connectivity index (χ0) is 11.5. The van der Waals surface area contributed by atoms with Gasteiger partial charge in [-0.1, -0.05) is 12.1 Å². The van der Waals surface area contributed by atoms with E-state index in [2.05, 4.69) is 19.2 Å². The Morgan fingerprint density at radius 3 is 2.73 bits per heavy atom. The molecule has 0 bridgehead atoms. The van der Waals surface area contributed by atoms with Gasteiger partial charge in [0, 0.05) is 6.57 Å². The molecule has 1 atom stereocenters. The number of para-hydroxylation sites is 1. The number of hydrogen-bond acceptors (Lipinski definition) is 4. The molecule has 1 aliphatic heterocycles. The first-order valence-corrected chi connectivity index (χ1v) is 4.81. The van der Waals surface area contributed by atoms with Crippen molar-refractivity contribution in [3.8, 4) is 12.3 Å². The van der Waals surface area contributed by atoms with Gasteiger partial charge >= 0.3 is 0 Å². The zero-order valence-corrected chi connectivity index (χ0v) is 9.20. The van der Waals surface area contributed by atoms with E-state index < -0.39 is 4.75 Å². The van der Waals surface area contributed by atoms with Crippen molar-refractivity contribution in [2.24, 2.45) is 0 Å². The quantitative estimate of drug-likeness (QED) is 0.682. The van der Waals surface area contributed by atoms with E-state index in [0.29, 0.717) is 17.9 Å². The Morgan fingerprint density at radius 2 is 2.07 bits per heavy atom. The molecule has 1 unspecified atom stereocenters. The predicted molar refractivity (Wildman–Crippen MR) is 60.3 cm³/mol. The summed E-state index contributed by atoms with van der Waals surface area (Å²) >= 11 is 4.26. The van der Waals surface area contributed by atoms with Crippen molar-refractivity contribution < 1.29 is 9.53 Å². The fraction of sp³-hybridized carbons (Fsp3) is 0.273. The lowest BCUT2D eigenvalue weighted by molar-refractivity contribution is 0.0884. The van der Waals surface area contributed by atoms with Crippen LogP contribution < -0.4 is 4.74 Å². The summed E-state index contributed by atoms with van der Waals surface area (Å²) in [6.07, 6.45) is 0. The molecule has 0 aromatic heterocycles. The molecule has 0 aliphatic carbocycles. The highest BCUT2D eigenvalue weighted by atomic mass is 32.1. The van der Waals surface area contributed by atoms with Crippen molar-refractivity contribution in [1.29, 1.82) is 5.26 Å². The topological polar surface area (TPSA) is 50.1 Å². The summed E-state index contributed by atoms with van der Waals surface area (Å²) in [4.78, 5) is 11.8. The van der Waals surface area contributed by atoms with E-state index in [4.69, 9.17) is 10.00 Å². The van der Waals surface area contributed by atoms with E-state index in [1.54, 1.807) is 19.1 Å². The van der Waals surface area contributed by atoms with E-state index >= 15 is 0 Å². The summed E-state index contributed by atoms with van der Waals surface area (Å²) in [5, 5.41) is 6.50. The van der Waals surface area contributed by atoms with Crippen LogP contribution in [0.15, 0.2) is 24.3 Å². The second-order valence-electron chi connectivity index (χ2n) is 3.39. The van der Waals surface area contributed by atoms with Gasteiger partial charge in [0.15, 0.2) is 5.78 Å². The van der Waals surface area contributed by atoms with Crippen molar-refractivity contribution >= 4 is 18.4 Å². The maximum atomic E-state index is 11.8. The number of thiol groups is 1. The van der Waals surface area contributed by atoms with Gasteiger partial charge in [-0.15, -0.1) is 0 Å². The lowest BCUT2D eigenvalue weighted by Crippen LogP contribution is -2.39. The monoisotopic (exact) mass is 221 g/mol. The van der Waals surface area contributed by atoms with Crippen LogP contribution in [0.1, 0.15) is 17.3 Å². The highest BCUT2D eigenvalue weighted by Crippen LogP contribution is 2.32. The van der Waals surface area contributed by atoms with Crippen LogP contribution in [0.3, 0.4) is 0 Å². The van der Waals surface area contributed by atoms with Crippen LogP contribution in [0.2, 0.25) is 0 Å². The maximum absolute atomic E-state index is 11.8. The Kier molecular flexibility index (Phi) is 3.38. The van der Waals surface area contributed by atoms with Gasteiger partial charge in [0.05, 0.1) is 5.56 Å². The first-order chi connectivity index (χ1) is 7.11. The molecule has 0 spiro atoms. The van der Waals surface area contributed by atoms with E-state index in [1.807, 2.05) is 12.1 Å². The molecule has 0 saturated heterocycles. The van der Waals surface area contributed by atoms with Gasteiger partial charge in [0.1, 0.15) is 17.1 Å². The van der Waals surface area contributed by atoms with Crippen molar-refractivity contribution in [3.63, 3.8) is 0 Å². The van der Waals surface area contributed by atoms with Gasteiger partial charge in [0.25, 0.3) is 0 Å². The second-order valence-corrected chi connectivity index (χ2v) is 4.37. The van der Waals surface area contributed by atoms with E-state index in [-0.39, 0.29) is 5.78 Å². The Hall–Kier alpha value is -1.47. The SMILES string of the molecule is C#N.CC1(S)COc2ccccc2C1=O. The van der Waals surface area contributed by atoms with Crippen molar-refractivity contribution in [2.75, 3.05) is 6.61 Å². The summed E-state index contributed by atoms with van der Waals surface area (Å²) < 4.78 is 4.73. The molecule has 15 heavy (non-hydrogen) atoms. The fourth-order valence-corrected chi connectivity index (χ4v) is 1.54. The standard InChI is InChI=1S/C10H10O2S.CHN/c1-10(13)6-12-8-5-3-2-4-7(8)9(10)11;1-2/h2-5,13H,6H2,1H3;1H. The molecule has 0 amide bonds. The van der Waals surface area contributed by atoms with Crippen LogP contribution in [0.5, 0.6) is 5.75 Å². The molecule has 0 radical (unpaired) electrons.